The summed E-state index contributed by atoms with van der Waals surface area (Å²) in [6.45, 7) is 1.33. The number of hydrogen-bond acceptors (Lipinski definition) is 5. The lowest BCUT2D eigenvalue weighted by molar-refractivity contribution is -0.138. The van der Waals surface area contributed by atoms with Crippen LogP contribution in [0.25, 0.3) is 0 Å². The van der Waals surface area contributed by atoms with Crippen LogP contribution in [0.3, 0.4) is 0 Å². The zero-order chi connectivity index (χ0) is 36.2. The van der Waals surface area contributed by atoms with Crippen molar-refractivity contribution in [2.45, 2.75) is 205 Å². The minimum Gasteiger partial charge on any atom is -0.493 e. The molecule has 50 heavy (non-hydrogen) atoms. The summed E-state index contributed by atoms with van der Waals surface area (Å²) in [6, 6.07) is 5.52. The van der Waals surface area contributed by atoms with Crippen LogP contribution < -0.4 is 9.47 Å². The number of rotatable bonds is 39. The third-order valence-corrected chi connectivity index (χ3v) is 9.65. The Hall–Kier alpha value is -2.57. The molecule has 1 aromatic rings. The summed E-state index contributed by atoms with van der Waals surface area (Å²) in [4.78, 5) is 32.5. The lowest BCUT2D eigenvalue weighted by Gasteiger charge is -2.11. The maximum absolute atomic E-state index is 11.5. The molecule has 0 fully saturated rings. The van der Waals surface area contributed by atoms with Gasteiger partial charge in [-0.2, -0.15) is 0 Å². The van der Waals surface area contributed by atoms with Crippen molar-refractivity contribution in [2.75, 3.05) is 13.2 Å². The van der Waals surface area contributed by atoms with Crippen LogP contribution in [0.2, 0.25) is 0 Å². The van der Waals surface area contributed by atoms with Gasteiger partial charge < -0.3 is 19.7 Å². The standard InChI is InChI=1S/C43H74O7/c44-38-39-35-40(49-33-29-25-21-17-13-9-5-1-3-7-11-15-19-23-27-31-42(45)46)37-41(36-39)50-34-30-26-22-18-14-10-6-2-4-8-12-16-20-24-28-32-43(47)48/h35-38H,1-34H2,(H,45,46)(H,47,48). The minimum absolute atomic E-state index is 0.315. The number of benzene rings is 1. The quantitative estimate of drug-likeness (QED) is 0.0519. The summed E-state index contributed by atoms with van der Waals surface area (Å²) in [5.74, 6) is 0.0874. The van der Waals surface area contributed by atoms with E-state index in [1.54, 1.807) is 12.1 Å². The van der Waals surface area contributed by atoms with Gasteiger partial charge in [0.2, 0.25) is 0 Å². The molecule has 0 unspecified atom stereocenters. The monoisotopic (exact) mass is 703 g/mol. The van der Waals surface area contributed by atoms with Crippen molar-refractivity contribution in [1.82, 2.24) is 0 Å². The first-order valence-corrected chi connectivity index (χ1v) is 20.8. The van der Waals surface area contributed by atoms with Gasteiger partial charge in [-0.25, -0.2) is 0 Å². The van der Waals surface area contributed by atoms with Gasteiger partial charge in [0.1, 0.15) is 17.8 Å². The molecule has 0 aliphatic rings. The lowest BCUT2D eigenvalue weighted by atomic mass is 10.0. The number of carboxylic acid groups (broad SMARTS) is 2. The van der Waals surface area contributed by atoms with Crippen LogP contribution in [0.1, 0.15) is 216 Å². The van der Waals surface area contributed by atoms with Crippen LogP contribution in [0.4, 0.5) is 0 Å². The van der Waals surface area contributed by atoms with Crippen LogP contribution in [0.5, 0.6) is 11.5 Å². The van der Waals surface area contributed by atoms with E-state index in [1.807, 2.05) is 6.07 Å². The van der Waals surface area contributed by atoms with Crippen molar-refractivity contribution in [2.24, 2.45) is 0 Å². The molecule has 0 saturated carbocycles. The molecule has 0 atom stereocenters. The van der Waals surface area contributed by atoms with Crippen molar-refractivity contribution in [3.05, 3.63) is 23.8 Å². The Bertz CT molecular complexity index is 879. The molecule has 0 aromatic heterocycles. The summed E-state index contributed by atoms with van der Waals surface area (Å²) in [5, 5.41) is 17.3. The Morgan fingerprint density at radius 1 is 0.400 bits per heavy atom. The highest BCUT2D eigenvalue weighted by Crippen LogP contribution is 2.23. The summed E-state index contributed by atoms with van der Waals surface area (Å²) in [5.41, 5.74) is 0.596. The molecule has 0 heterocycles. The summed E-state index contributed by atoms with van der Waals surface area (Å²) < 4.78 is 12.0. The van der Waals surface area contributed by atoms with Gasteiger partial charge in [0.15, 0.2) is 0 Å². The first-order valence-electron chi connectivity index (χ1n) is 20.8. The van der Waals surface area contributed by atoms with Gasteiger partial charge in [-0.15, -0.1) is 0 Å². The molecular formula is C43H74O7. The number of carboxylic acids is 2. The Labute approximate surface area is 305 Å². The third kappa shape index (κ3) is 31.4. The molecule has 0 spiro atoms. The van der Waals surface area contributed by atoms with Crippen molar-refractivity contribution in [3.8, 4) is 11.5 Å². The SMILES string of the molecule is O=Cc1cc(OCCCCCCCCCCCCCCCCCC(=O)O)cc(OCCCCCCCCCCCCCCCCCC(=O)O)c1. The average molecular weight is 703 g/mol. The second-order valence-corrected chi connectivity index (χ2v) is 14.4. The van der Waals surface area contributed by atoms with Crippen molar-refractivity contribution >= 4 is 18.2 Å². The van der Waals surface area contributed by atoms with E-state index in [-0.39, 0.29) is 0 Å². The number of ether oxygens (including phenoxy) is 2. The molecule has 0 aliphatic carbocycles. The molecule has 288 valence electrons. The molecule has 0 bridgehead atoms. The molecule has 1 rings (SSSR count). The number of carbonyl (C=O) groups excluding carboxylic acids is 1. The predicted molar refractivity (Wildman–Crippen MR) is 206 cm³/mol. The Morgan fingerprint density at radius 3 is 0.880 bits per heavy atom. The Kier molecular flexibility index (Phi) is 31.7. The van der Waals surface area contributed by atoms with E-state index >= 15 is 0 Å². The molecule has 2 N–H and O–H groups in total. The van der Waals surface area contributed by atoms with Crippen molar-refractivity contribution in [3.63, 3.8) is 0 Å². The zero-order valence-electron chi connectivity index (χ0n) is 31.8. The van der Waals surface area contributed by atoms with E-state index in [4.69, 9.17) is 19.7 Å². The van der Waals surface area contributed by atoms with E-state index < -0.39 is 11.9 Å². The van der Waals surface area contributed by atoms with Gasteiger partial charge in [-0.1, -0.05) is 167 Å². The topological polar surface area (TPSA) is 110 Å². The lowest BCUT2D eigenvalue weighted by Crippen LogP contribution is -2.01. The van der Waals surface area contributed by atoms with Gasteiger partial charge >= 0.3 is 11.9 Å². The fourth-order valence-corrected chi connectivity index (χ4v) is 6.56. The van der Waals surface area contributed by atoms with Crippen LogP contribution in [-0.2, 0) is 9.59 Å². The summed E-state index contributed by atoms with van der Waals surface area (Å²) in [7, 11) is 0. The predicted octanol–water partition coefficient (Wildman–Crippen LogP) is 12.9. The van der Waals surface area contributed by atoms with Gasteiger partial charge in [-0.3, -0.25) is 14.4 Å². The number of hydrogen-bond donors (Lipinski definition) is 2. The summed E-state index contributed by atoms with van der Waals surface area (Å²) >= 11 is 0. The third-order valence-electron chi connectivity index (χ3n) is 9.65. The Balaban J connectivity index is 1.93. The molecule has 7 heteroatoms. The number of aliphatic carboxylic acids is 2. The van der Waals surface area contributed by atoms with Crippen LogP contribution in [-0.4, -0.2) is 41.7 Å². The molecule has 0 aliphatic heterocycles. The summed E-state index contributed by atoms with van der Waals surface area (Å²) in [6.07, 6.45) is 38.0. The number of unbranched alkanes of at least 4 members (excludes halogenated alkanes) is 28. The van der Waals surface area contributed by atoms with E-state index in [0.29, 0.717) is 31.6 Å². The normalized spacial score (nSPS) is 11.1. The molecule has 7 nitrogen and oxygen atoms in total. The average Bonchev–Trinajstić information content (AvgIpc) is 3.10. The molecule has 1 aromatic carbocycles. The van der Waals surface area contributed by atoms with E-state index in [9.17, 15) is 14.4 Å². The fraction of sp³-hybridized carbons (Fsp3) is 0.791. The highest BCUT2D eigenvalue weighted by Gasteiger charge is 2.04. The maximum Gasteiger partial charge on any atom is 0.303 e. The smallest absolute Gasteiger partial charge is 0.303 e. The van der Waals surface area contributed by atoms with Gasteiger partial charge in [-0.05, 0) is 37.8 Å². The van der Waals surface area contributed by atoms with E-state index in [0.717, 1.165) is 56.3 Å². The Morgan fingerprint density at radius 2 is 0.640 bits per heavy atom. The van der Waals surface area contributed by atoms with Gasteiger partial charge in [0, 0.05) is 24.5 Å². The first-order chi connectivity index (χ1) is 24.5. The number of aldehydes is 1. The maximum atomic E-state index is 11.5. The highest BCUT2D eigenvalue weighted by atomic mass is 16.5. The van der Waals surface area contributed by atoms with Crippen molar-refractivity contribution in [1.29, 1.82) is 0 Å². The van der Waals surface area contributed by atoms with Gasteiger partial charge in [0.05, 0.1) is 13.2 Å². The fourth-order valence-electron chi connectivity index (χ4n) is 6.56. The van der Waals surface area contributed by atoms with Gasteiger partial charge in [0.25, 0.3) is 0 Å². The first kappa shape index (κ1) is 45.5. The number of carbonyl (C=O) groups is 3. The van der Waals surface area contributed by atoms with Crippen LogP contribution >= 0.6 is 0 Å². The second-order valence-electron chi connectivity index (χ2n) is 14.4. The van der Waals surface area contributed by atoms with Crippen LogP contribution in [0.15, 0.2) is 18.2 Å². The highest BCUT2D eigenvalue weighted by molar-refractivity contribution is 5.76. The minimum atomic E-state index is -0.675. The molecule has 0 amide bonds. The molecule has 0 radical (unpaired) electrons. The molecule has 0 saturated heterocycles. The second kappa shape index (κ2) is 34.9. The van der Waals surface area contributed by atoms with E-state index in [1.165, 1.54) is 154 Å². The van der Waals surface area contributed by atoms with Crippen LogP contribution in [0, 0.1) is 0 Å². The van der Waals surface area contributed by atoms with Crippen molar-refractivity contribution < 1.29 is 34.1 Å². The molecular weight excluding hydrogens is 628 g/mol. The van der Waals surface area contributed by atoms with E-state index in [2.05, 4.69) is 0 Å². The zero-order valence-corrected chi connectivity index (χ0v) is 31.8. The largest absolute Gasteiger partial charge is 0.493 e.